The molecular formula is C11H16F3N3O3S. The summed E-state index contributed by atoms with van der Waals surface area (Å²) in [5, 5.41) is 11.6. The average molecular weight is 327 g/mol. The number of sulfonamides is 1. The smallest absolute Gasteiger partial charge is 0.395 e. The lowest BCUT2D eigenvalue weighted by atomic mass is 10.4. The summed E-state index contributed by atoms with van der Waals surface area (Å²) in [6.45, 7) is -0.750. The minimum absolute atomic E-state index is 0.193. The van der Waals surface area contributed by atoms with Gasteiger partial charge in [0.1, 0.15) is 12.4 Å². The van der Waals surface area contributed by atoms with E-state index < -0.39 is 35.9 Å². The first-order valence-corrected chi connectivity index (χ1v) is 7.52. The first kappa shape index (κ1) is 17.7. The minimum Gasteiger partial charge on any atom is -0.395 e. The van der Waals surface area contributed by atoms with E-state index in [1.165, 1.54) is 6.20 Å². The molecule has 0 fully saturated rings. The number of alkyl halides is 3. The molecule has 1 heterocycles. The number of aliphatic hydroxyl groups is 1. The Morgan fingerprint density at radius 3 is 2.62 bits per heavy atom. The third-order valence-corrected chi connectivity index (χ3v) is 4.27. The fourth-order valence-electron chi connectivity index (χ4n) is 1.59. The Hall–Kier alpha value is -1.39. The molecule has 0 aliphatic rings. The van der Waals surface area contributed by atoms with Gasteiger partial charge >= 0.3 is 6.18 Å². The first-order chi connectivity index (χ1) is 9.70. The Balaban J connectivity index is 3.13. The summed E-state index contributed by atoms with van der Waals surface area (Å²) in [6.07, 6.45) is -3.50. The van der Waals surface area contributed by atoms with E-state index in [0.29, 0.717) is 6.54 Å². The van der Waals surface area contributed by atoms with Gasteiger partial charge in [-0.25, -0.2) is 13.4 Å². The lowest BCUT2D eigenvalue weighted by Crippen LogP contribution is -2.40. The molecule has 0 aliphatic carbocycles. The van der Waals surface area contributed by atoms with Crippen molar-refractivity contribution in [2.75, 3.05) is 31.6 Å². The van der Waals surface area contributed by atoms with Crippen LogP contribution in [0.4, 0.5) is 19.0 Å². The monoisotopic (exact) mass is 327 g/mol. The molecule has 0 aromatic carbocycles. The summed E-state index contributed by atoms with van der Waals surface area (Å²) < 4.78 is 62.0. The number of rotatable bonds is 7. The van der Waals surface area contributed by atoms with Crippen LogP contribution in [0, 0.1) is 0 Å². The Labute approximate surface area is 120 Å². The Bertz CT molecular complexity index is 563. The fraction of sp³-hybridized carbons (Fsp3) is 0.545. The Kier molecular flexibility index (Phi) is 5.93. The van der Waals surface area contributed by atoms with Crippen LogP contribution in [-0.4, -0.2) is 55.2 Å². The molecule has 21 heavy (non-hydrogen) atoms. The third kappa shape index (κ3) is 5.14. The number of hydrogen-bond acceptors (Lipinski definition) is 5. The lowest BCUT2D eigenvalue weighted by Gasteiger charge is -2.22. The number of pyridine rings is 1. The highest BCUT2D eigenvalue weighted by atomic mass is 32.2. The number of aromatic nitrogens is 1. The molecule has 0 radical (unpaired) electrons. The van der Waals surface area contributed by atoms with Crippen LogP contribution in [0.5, 0.6) is 0 Å². The van der Waals surface area contributed by atoms with Crippen LogP contribution >= 0.6 is 0 Å². The highest BCUT2D eigenvalue weighted by Crippen LogP contribution is 2.23. The number of aliphatic hydroxyl groups excluding tert-OH is 1. The van der Waals surface area contributed by atoms with Crippen molar-refractivity contribution in [3.8, 4) is 0 Å². The first-order valence-electron chi connectivity index (χ1n) is 6.08. The Morgan fingerprint density at radius 1 is 1.43 bits per heavy atom. The zero-order chi connectivity index (χ0) is 16.1. The molecular weight excluding hydrogens is 311 g/mol. The van der Waals surface area contributed by atoms with Gasteiger partial charge in [0.15, 0.2) is 0 Å². The molecule has 6 nitrogen and oxygen atoms in total. The van der Waals surface area contributed by atoms with Crippen molar-refractivity contribution in [3.63, 3.8) is 0 Å². The zero-order valence-corrected chi connectivity index (χ0v) is 12.1. The van der Waals surface area contributed by atoms with Crippen LogP contribution < -0.4 is 5.32 Å². The second-order valence-electron chi connectivity index (χ2n) is 4.08. The van der Waals surface area contributed by atoms with Gasteiger partial charge in [-0.3, -0.25) is 0 Å². The van der Waals surface area contributed by atoms with Crippen LogP contribution in [0.25, 0.3) is 0 Å². The van der Waals surface area contributed by atoms with E-state index in [0.717, 1.165) is 12.1 Å². The normalized spacial score (nSPS) is 12.7. The number of nitrogens with one attached hydrogen (secondary N) is 1. The van der Waals surface area contributed by atoms with Gasteiger partial charge in [0.25, 0.3) is 0 Å². The largest absolute Gasteiger partial charge is 0.402 e. The van der Waals surface area contributed by atoms with Crippen molar-refractivity contribution in [2.45, 2.75) is 18.0 Å². The van der Waals surface area contributed by atoms with Crippen molar-refractivity contribution >= 4 is 15.8 Å². The number of halogens is 3. The van der Waals surface area contributed by atoms with Gasteiger partial charge < -0.3 is 10.4 Å². The van der Waals surface area contributed by atoms with Gasteiger partial charge in [-0.15, -0.1) is 0 Å². The fourth-order valence-corrected chi connectivity index (χ4v) is 3.02. The van der Waals surface area contributed by atoms with Crippen LogP contribution in [0.3, 0.4) is 0 Å². The van der Waals surface area contributed by atoms with Gasteiger partial charge in [0.2, 0.25) is 10.0 Å². The molecule has 0 spiro atoms. The lowest BCUT2D eigenvalue weighted by molar-refractivity contribution is -0.136. The van der Waals surface area contributed by atoms with Gasteiger partial charge in [-0.1, -0.05) is 0 Å². The summed E-state index contributed by atoms with van der Waals surface area (Å²) in [5.74, 6) is 0.245. The molecule has 0 atom stereocenters. The van der Waals surface area contributed by atoms with E-state index in [-0.39, 0.29) is 15.0 Å². The van der Waals surface area contributed by atoms with Gasteiger partial charge in [0.05, 0.1) is 11.5 Å². The molecule has 2 N–H and O–H groups in total. The second-order valence-corrected chi connectivity index (χ2v) is 6.02. The molecule has 1 aromatic heterocycles. The topological polar surface area (TPSA) is 82.5 Å². The number of nitrogens with zero attached hydrogens (tertiary/aromatic N) is 2. The van der Waals surface area contributed by atoms with E-state index in [4.69, 9.17) is 5.11 Å². The maximum atomic E-state index is 12.5. The summed E-state index contributed by atoms with van der Waals surface area (Å²) in [6, 6.07) is 2.26. The molecule has 0 bridgehead atoms. The molecule has 0 amide bonds. The Morgan fingerprint density at radius 2 is 2.10 bits per heavy atom. The van der Waals surface area contributed by atoms with Crippen molar-refractivity contribution < 1.29 is 26.7 Å². The summed E-state index contributed by atoms with van der Waals surface area (Å²) >= 11 is 0. The van der Waals surface area contributed by atoms with Crippen molar-refractivity contribution in [1.29, 1.82) is 0 Å². The molecule has 1 rings (SSSR count). The molecule has 0 saturated heterocycles. The van der Waals surface area contributed by atoms with E-state index in [1.54, 1.807) is 6.92 Å². The SMILES string of the molecule is CCNc1cc(S(=O)(=O)N(CCO)CC(F)(F)F)ccn1. The van der Waals surface area contributed by atoms with Crippen LogP contribution in [0.15, 0.2) is 23.2 Å². The van der Waals surface area contributed by atoms with Crippen molar-refractivity contribution in [1.82, 2.24) is 9.29 Å². The molecule has 10 heteroatoms. The van der Waals surface area contributed by atoms with Crippen molar-refractivity contribution in [2.24, 2.45) is 0 Å². The average Bonchev–Trinajstić information content (AvgIpc) is 2.37. The van der Waals surface area contributed by atoms with Gasteiger partial charge in [-0.05, 0) is 13.0 Å². The summed E-state index contributed by atoms with van der Waals surface area (Å²) in [4.78, 5) is 3.54. The molecule has 120 valence electrons. The second kappa shape index (κ2) is 7.05. The highest BCUT2D eigenvalue weighted by molar-refractivity contribution is 7.89. The van der Waals surface area contributed by atoms with E-state index in [9.17, 15) is 21.6 Å². The molecule has 1 aromatic rings. The van der Waals surface area contributed by atoms with E-state index >= 15 is 0 Å². The number of hydrogen-bond donors (Lipinski definition) is 2. The van der Waals surface area contributed by atoms with Crippen LogP contribution in [0.2, 0.25) is 0 Å². The summed E-state index contributed by atoms with van der Waals surface area (Å²) in [7, 11) is -4.36. The summed E-state index contributed by atoms with van der Waals surface area (Å²) in [5.41, 5.74) is 0. The van der Waals surface area contributed by atoms with Crippen LogP contribution in [0.1, 0.15) is 6.92 Å². The van der Waals surface area contributed by atoms with E-state index in [1.807, 2.05) is 0 Å². The molecule has 0 aliphatic heterocycles. The predicted molar refractivity (Wildman–Crippen MR) is 70.3 cm³/mol. The van der Waals surface area contributed by atoms with Gasteiger partial charge in [-0.2, -0.15) is 17.5 Å². The van der Waals surface area contributed by atoms with Gasteiger partial charge in [0, 0.05) is 25.4 Å². The number of anilines is 1. The maximum absolute atomic E-state index is 12.5. The standard InChI is InChI=1S/C11H16F3N3O3S/c1-2-15-10-7-9(3-4-16-10)21(19,20)17(5-6-18)8-11(12,13)14/h3-4,7,18H,2,5-6,8H2,1H3,(H,15,16). The van der Waals surface area contributed by atoms with Crippen molar-refractivity contribution in [3.05, 3.63) is 18.3 Å². The molecule has 0 saturated carbocycles. The quantitative estimate of drug-likeness (QED) is 0.782. The highest BCUT2D eigenvalue weighted by Gasteiger charge is 2.36. The van der Waals surface area contributed by atoms with Crippen LogP contribution in [-0.2, 0) is 10.0 Å². The molecule has 0 unspecified atom stereocenters. The maximum Gasteiger partial charge on any atom is 0.402 e. The van der Waals surface area contributed by atoms with E-state index in [2.05, 4.69) is 10.3 Å². The third-order valence-electron chi connectivity index (χ3n) is 2.43. The zero-order valence-electron chi connectivity index (χ0n) is 11.3. The predicted octanol–water partition coefficient (Wildman–Crippen LogP) is 1.06. The minimum atomic E-state index is -4.69.